The van der Waals surface area contributed by atoms with Gasteiger partial charge in [-0.05, 0) is 48.6 Å². The van der Waals surface area contributed by atoms with Gasteiger partial charge in [0.25, 0.3) is 11.8 Å². The summed E-state index contributed by atoms with van der Waals surface area (Å²) in [5.41, 5.74) is 4.27. The predicted molar refractivity (Wildman–Crippen MR) is 135 cm³/mol. The Morgan fingerprint density at radius 3 is 2.78 bits per heavy atom. The molecule has 2 aromatic rings. The zero-order valence-electron chi connectivity index (χ0n) is 20.4. The molecule has 2 fully saturated rings. The molecule has 0 saturated carbocycles. The standard InChI is InChI=1S/C28H33N3O5/c32-25(30-36-26-8-4-5-19-34-26)12-10-22-9-11-24-23(20-22)27(33)29-28(35-24)14-17-31(18-15-28)16-13-21-6-2-1-3-7-21/h1-3,6-7,9-12,20,26H,4-5,8,13-19H2,(H,29,33)(H,30,32). The molecule has 2 saturated heterocycles. The number of nitrogens with one attached hydrogen (secondary N) is 2. The van der Waals surface area contributed by atoms with Crippen molar-refractivity contribution in [3.05, 3.63) is 71.3 Å². The van der Waals surface area contributed by atoms with Crippen molar-refractivity contribution in [3.8, 4) is 5.75 Å². The van der Waals surface area contributed by atoms with Crippen molar-refractivity contribution in [1.82, 2.24) is 15.7 Å². The van der Waals surface area contributed by atoms with Crippen LogP contribution < -0.4 is 15.5 Å². The van der Waals surface area contributed by atoms with Gasteiger partial charge in [-0.2, -0.15) is 0 Å². The first-order valence-corrected chi connectivity index (χ1v) is 12.8. The molecule has 0 aromatic heterocycles. The highest BCUT2D eigenvalue weighted by Gasteiger charge is 2.42. The van der Waals surface area contributed by atoms with Gasteiger partial charge in [0, 0.05) is 51.6 Å². The summed E-state index contributed by atoms with van der Waals surface area (Å²) in [6, 6.07) is 15.9. The highest BCUT2D eigenvalue weighted by atomic mass is 16.8. The second-order valence-corrected chi connectivity index (χ2v) is 9.60. The third kappa shape index (κ3) is 6.13. The molecule has 3 aliphatic heterocycles. The van der Waals surface area contributed by atoms with Crippen molar-refractivity contribution in [1.29, 1.82) is 0 Å². The molecule has 0 radical (unpaired) electrons. The summed E-state index contributed by atoms with van der Waals surface area (Å²) in [4.78, 5) is 32.8. The number of carbonyl (C=O) groups is 2. The number of nitrogens with zero attached hydrogens (tertiary/aromatic N) is 1. The predicted octanol–water partition coefficient (Wildman–Crippen LogP) is 3.43. The fraction of sp³-hybridized carbons (Fsp3) is 0.429. The number of hydrogen-bond acceptors (Lipinski definition) is 6. The first-order valence-electron chi connectivity index (χ1n) is 12.8. The molecule has 1 unspecified atom stereocenters. The maximum Gasteiger partial charge on any atom is 0.267 e. The van der Waals surface area contributed by atoms with Crippen molar-refractivity contribution < 1.29 is 23.9 Å². The number of benzene rings is 2. The topological polar surface area (TPSA) is 89.1 Å². The summed E-state index contributed by atoms with van der Waals surface area (Å²) in [6.45, 7) is 3.37. The smallest absolute Gasteiger partial charge is 0.267 e. The minimum Gasteiger partial charge on any atom is -0.467 e. The van der Waals surface area contributed by atoms with Crippen LogP contribution in [0.5, 0.6) is 5.75 Å². The lowest BCUT2D eigenvalue weighted by Crippen LogP contribution is -2.61. The van der Waals surface area contributed by atoms with Crippen LogP contribution in [0.3, 0.4) is 0 Å². The molecule has 1 atom stereocenters. The van der Waals surface area contributed by atoms with Crippen molar-refractivity contribution in [3.63, 3.8) is 0 Å². The Balaban J connectivity index is 1.13. The van der Waals surface area contributed by atoms with Gasteiger partial charge in [0.05, 0.1) is 5.56 Å². The van der Waals surface area contributed by atoms with Crippen molar-refractivity contribution in [2.45, 2.75) is 50.5 Å². The van der Waals surface area contributed by atoms with Gasteiger partial charge in [-0.1, -0.05) is 36.4 Å². The Labute approximate surface area is 211 Å². The summed E-state index contributed by atoms with van der Waals surface area (Å²) < 4.78 is 11.8. The monoisotopic (exact) mass is 491 g/mol. The number of likely N-dealkylation sites (tertiary alicyclic amines) is 1. The number of carbonyl (C=O) groups excluding carboxylic acids is 2. The van der Waals surface area contributed by atoms with Gasteiger partial charge in [-0.15, -0.1) is 0 Å². The van der Waals surface area contributed by atoms with Crippen molar-refractivity contribution >= 4 is 17.9 Å². The Morgan fingerprint density at radius 2 is 2.00 bits per heavy atom. The van der Waals surface area contributed by atoms with E-state index in [0.717, 1.165) is 63.7 Å². The number of fused-ring (bicyclic) bond motifs is 1. The Morgan fingerprint density at radius 1 is 1.17 bits per heavy atom. The minimum absolute atomic E-state index is 0.147. The lowest BCUT2D eigenvalue weighted by atomic mass is 9.96. The van der Waals surface area contributed by atoms with Crippen LogP contribution in [-0.2, 0) is 20.8 Å². The molecule has 2 amide bonds. The normalized spacial score (nSPS) is 21.6. The SMILES string of the molecule is O=C(C=Cc1ccc2c(c1)C(=O)NC1(CCN(CCc3ccccc3)CC1)O2)NOC1CCCCO1. The van der Waals surface area contributed by atoms with Crippen LogP contribution in [0, 0.1) is 0 Å². The van der Waals surface area contributed by atoms with Gasteiger partial charge in [-0.25, -0.2) is 10.3 Å². The van der Waals surface area contributed by atoms with Gasteiger partial charge in [0.1, 0.15) is 5.75 Å². The van der Waals surface area contributed by atoms with Gasteiger partial charge in [0.15, 0.2) is 12.0 Å². The number of ether oxygens (including phenoxy) is 2. The fourth-order valence-corrected chi connectivity index (χ4v) is 4.86. The van der Waals surface area contributed by atoms with Crippen LogP contribution in [-0.4, -0.2) is 55.0 Å². The first-order chi connectivity index (χ1) is 17.6. The fourth-order valence-electron chi connectivity index (χ4n) is 4.86. The van der Waals surface area contributed by atoms with Crippen LogP contribution in [0.2, 0.25) is 0 Å². The Kier molecular flexibility index (Phi) is 7.65. The van der Waals surface area contributed by atoms with Crippen LogP contribution in [0.1, 0.15) is 53.6 Å². The van der Waals surface area contributed by atoms with Crippen molar-refractivity contribution in [2.24, 2.45) is 0 Å². The zero-order valence-corrected chi connectivity index (χ0v) is 20.4. The number of hydroxylamine groups is 1. The minimum atomic E-state index is -0.664. The Hall–Kier alpha value is -3.20. The van der Waals surface area contributed by atoms with Gasteiger partial charge >= 0.3 is 0 Å². The van der Waals surface area contributed by atoms with E-state index in [0.29, 0.717) is 17.9 Å². The van der Waals surface area contributed by atoms with E-state index in [1.165, 1.54) is 11.6 Å². The number of rotatable bonds is 7. The molecule has 5 rings (SSSR count). The molecule has 0 aliphatic carbocycles. The summed E-state index contributed by atoms with van der Waals surface area (Å²) in [6.07, 6.45) is 7.89. The molecular formula is C28H33N3O5. The molecule has 1 spiro atoms. The largest absolute Gasteiger partial charge is 0.467 e. The molecule has 3 aliphatic rings. The Bertz CT molecular complexity index is 1090. The highest BCUT2D eigenvalue weighted by molar-refractivity contribution is 5.99. The molecule has 8 heteroatoms. The van der Waals surface area contributed by atoms with E-state index < -0.39 is 12.0 Å². The van der Waals surface area contributed by atoms with Crippen LogP contribution in [0.4, 0.5) is 0 Å². The maximum atomic E-state index is 13.0. The zero-order chi connectivity index (χ0) is 24.8. The summed E-state index contributed by atoms with van der Waals surface area (Å²) in [5, 5.41) is 3.11. The van der Waals surface area contributed by atoms with E-state index in [4.69, 9.17) is 14.3 Å². The average molecular weight is 492 g/mol. The summed E-state index contributed by atoms with van der Waals surface area (Å²) in [7, 11) is 0. The van der Waals surface area contributed by atoms with E-state index >= 15 is 0 Å². The second kappa shape index (κ2) is 11.2. The van der Waals surface area contributed by atoms with Gasteiger partial charge < -0.3 is 19.7 Å². The molecule has 8 nitrogen and oxygen atoms in total. The average Bonchev–Trinajstić information content (AvgIpc) is 2.92. The molecule has 36 heavy (non-hydrogen) atoms. The first kappa shape index (κ1) is 24.5. The van der Waals surface area contributed by atoms with E-state index in [1.807, 2.05) is 18.2 Å². The van der Waals surface area contributed by atoms with E-state index in [-0.39, 0.29) is 11.8 Å². The van der Waals surface area contributed by atoms with E-state index in [1.54, 1.807) is 12.1 Å². The number of amides is 2. The molecule has 0 bridgehead atoms. The number of piperidine rings is 1. The lowest BCUT2D eigenvalue weighted by Gasteiger charge is -2.44. The molecular weight excluding hydrogens is 458 g/mol. The van der Waals surface area contributed by atoms with Crippen LogP contribution >= 0.6 is 0 Å². The van der Waals surface area contributed by atoms with Gasteiger partial charge in [0.2, 0.25) is 0 Å². The summed E-state index contributed by atoms with van der Waals surface area (Å²) in [5.74, 6) is 0.0444. The lowest BCUT2D eigenvalue weighted by molar-refractivity contribution is -0.198. The van der Waals surface area contributed by atoms with Crippen LogP contribution in [0.25, 0.3) is 6.08 Å². The van der Waals surface area contributed by atoms with E-state index in [2.05, 4.69) is 40.0 Å². The van der Waals surface area contributed by atoms with Crippen LogP contribution in [0.15, 0.2) is 54.6 Å². The second-order valence-electron chi connectivity index (χ2n) is 9.60. The van der Waals surface area contributed by atoms with Crippen molar-refractivity contribution in [2.75, 3.05) is 26.2 Å². The van der Waals surface area contributed by atoms with Gasteiger partial charge in [-0.3, -0.25) is 9.59 Å². The molecule has 2 N–H and O–H groups in total. The number of hydrogen-bond donors (Lipinski definition) is 2. The quantitative estimate of drug-likeness (QED) is 0.456. The maximum absolute atomic E-state index is 13.0. The third-order valence-corrected chi connectivity index (χ3v) is 6.97. The highest BCUT2D eigenvalue weighted by Crippen LogP contribution is 2.34. The molecule has 2 aromatic carbocycles. The summed E-state index contributed by atoms with van der Waals surface area (Å²) >= 11 is 0. The van der Waals surface area contributed by atoms with E-state index in [9.17, 15) is 9.59 Å². The third-order valence-electron chi connectivity index (χ3n) is 6.97. The molecule has 190 valence electrons. The molecule has 3 heterocycles.